The summed E-state index contributed by atoms with van der Waals surface area (Å²) in [6.45, 7) is 3.92. The Balaban J connectivity index is 1.63. The van der Waals surface area contributed by atoms with Crippen LogP contribution in [0.1, 0.15) is 18.6 Å². The molecular formula is C16H18ClN3O2S. The number of halogens is 1. The molecule has 1 aliphatic heterocycles. The number of morpholine rings is 1. The first-order chi connectivity index (χ1) is 11.1. The molecule has 1 N–H and O–H groups in total. The summed E-state index contributed by atoms with van der Waals surface area (Å²) in [5.41, 5.74) is 1.08. The lowest BCUT2D eigenvalue weighted by atomic mass is 10.1. The SMILES string of the molecule is CC(C(=O)Nc1nccs1)N1CCOC(c2ccc(Cl)cc2)C1. The molecule has 122 valence electrons. The van der Waals surface area contributed by atoms with Gasteiger partial charge in [0.15, 0.2) is 5.13 Å². The lowest BCUT2D eigenvalue weighted by molar-refractivity contribution is -0.124. The highest BCUT2D eigenvalue weighted by atomic mass is 35.5. The summed E-state index contributed by atoms with van der Waals surface area (Å²) in [7, 11) is 0. The van der Waals surface area contributed by atoms with E-state index < -0.39 is 0 Å². The largest absolute Gasteiger partial charge is 0.371 e. The van der Waals surface area contributed by atoms with Crippen LogP contribution in [0.3, 0.4) is 0 Å². The second kappa shape index (κ2) is 7.40. The molecule has 0 saturated carbocycles. The minimum atomic E-state index is -0.238. The van der Waals surface area contributed by atoms with Crippen molar-refractivity contribution in [2.45, 2.75) is 19.1 Å². The Morgan fingerprint density at radius 2 is 2.26 bits per heavy atom. The molecule has 3 rings (SSSR count). The highest BCUT2D eigenvalue weighted by Gasteiger charge is 2.29. The topological polar surface area (TPSA) is 54.5 Å². The van der Waals surface area contributed by atoms with Gasteiger partial charge in [0.1, 0.15) is 0 Å². The third kappa shape index (κ3) is 4.09. The van der Waals surface area contributed by atoms with Crippen molar-refractivity contribution in [1.82, 2.24) is 9.88 Å². The first kappa shape index (κ1) is 16.4. The van der Waals surface area contributed by atoms with E-state index >= 15 is 0 Å². The maximum absolute atomic E-state index is 12.4. The fourth-order valence-electron chi connectivity index (χ4n) is 2.56. The van der Waals surface area contributed by atoms with E-state index in [0.29, 0.717) is 23.3 Å². The molecule has 23 heavy (non-hydrogen) atoms. The lowest BCUT2D eigenvalue weighted by Gasteiger charge is -2.36. The number of carbonyl (C=O) groups is 1. The molecule has 0 bridgehead atoms. The van der Waals surface area contributed by atoms with Crippen molar-refractivity contribution in [1.29, 1.82) is 0 Å². The molecule has 0 radical (unpaired) electrons. The average Bonchev–Trinajstić information content (AvgIpc) is 3.08. The van der Waals surface area contributed by atoms with Gasteiger partial charge in [-0.3, -0.25) is 9.69 Å². The maximum atomic E-state index is 12.4. The van der Waals surface area contributed by atoms with E-state index in [-0.39, 0.29) is 18.1 Å². The Bertz CT molecular complexity index is 648. The van der Waals surface area contributed by atoms with Crippen LogP contribution in [0.4, 0.5) is 5.13 Å². The monoisotopic (exact) mass is 351 g/mol. The van der Waals surface area contributed by atoms with Crippen molar-refractivity contribution >= 4 is 34.0 Å². The van der Waals surface area contributed by atoms with Crippen molar-refractivity contribution < 1.29 is 9.53 Å². The number of benzene rings is 1. The van der Waals surface area contributed by atoms with Gasteiger partial charge in [-0.2, -0.15) is 0 Å². The summed E-state index contributed by atoms with van der Waals surface area (Å²) in [6.07, 6.45) is 1.63. The number of nitrogens with zero attached hydrogens (tertiary/aromatic N) is 2. The molecule has 2 aromatic rings. The number of anilines is 1. The number of hydrogen-bond acceptors (Lipinski definition) is 5. The van der Waals surface area contributed by atoms with Gasteiger partial charge >= 0.3 is 0 Å². The van der Waals surface area contributed by atoms with E-state index in [0.717, 1.165) is 12.1 Å². The zero-order valence-electron chi connectivity index (χ0n) is 12.7. The van der Waals surface area contributed by atoms with E-state index in [1.165, 1.54) is 11.3 Å². The van der Waals surface area contributed by atoms with Crippen molar-refractivity contribution in [3.63, 3.8) is 0 Å². The standard InChI is InChI=1S/C16H18ClN3O2S/c1-11(15(21)19-16-18-6-9-23-16)20-7-8-22-14(10-20)12-2-4-13(17)5-3-12/h2-6,9,11,14H,7-8,10H2,1H3,(H,18,19,21). The maximum Gasteiger partial charge on any atom is 0.243 e. The smallest absolute Gasteiger partial charge is 0.243 e. The van der Waals surface area contributed by atoms with Gasteiger partial charge in [-0.05, 0) is 24.6 Å². The second-order valence-corrected chi connectivity index (χ2v) is 6.74. The number of rotatable bonds is 4. The summed E-state index contributed by atoms with van der Waals surface area (Å²) in [5, 5.41) is 6.02. The van der Waals surface area contributed by atoms with Crippen LogP contribution in [0.5, 0.6) is 0 Å². The fraction of sp³-hybridized carbons (Fsp3) is 0.375. The van der Waals surface area contributed by atoms with Gasteiger partial charge in [0.05, 0.1) is 18.8 Å². The van der Waals surface area contributed by atoms with Gasteiger partial charge in [0, 0.05) is 29.7 Å². The van der Waals surface area contributed by atoms with Crippen LogP contribution in [0.2, 0.25) is 5.02 Å². The van der Waals surface area contributed by atoms with Crippen molar-refractivity contribution in [3.8, 4) is 0 Å². The van der Waals surface area contributed by atoms with Gasteiger partial charge < -0.3 is 10.1 Å². The normalized spacial score (nSPS) is 20.2. The number of thiazole rings is 1. The Hall–Kier alpha value is -1.47. The van der Waals surface area contributed by atoms with Crippen LogP contribution < -0.4 is 5.32 Å². The fourth-order valence-corrected chi connectivity index (χ4v) is 3.22. The first-order valence-electron chi connectivity index (χ1n) is 7.45. The highest BCUT2D eigenvalue weighted by Crippen LogP contribution is 2.25. The van der Waals surface area contributed by atoms with E-state index in [2.05, 4.69) is 15.2 Å². The Labute approximate surface area is 144 Å². The molecule has 2 heterocycles. The predicted octanol–water partition coefficient (Wildman–Crippen LogP) is 3.20. The molecule has 7 heteroatoms. The molecule has 1 aromatic heterocycles. The summed E-state index contributed by atoms with van der Waals surface area (Å²) >= 11 is 7.35. The first-order valence-corrected chi connectivity index (χ1v) is 8.71. The van der Waals surface area contributed by atoms with E-state index in [1.54, 1.807) is 6.20 Å². The molecule has 1 aromatic carbocycles. The van der Waals surface area contributed by atoms with Crippen LogP contribution in [0, 0.1) is 0 Å². The minimum absolute atomic E-state index is 0.0447. The number of ether oxygens (including phenoxy) is 1. The average molecular weight is 352 g/mol. The molecule has 1 aliphatic rings. The van der Waals surface area contributed by atoms with Crippen molar-refractivity contribution in [2.24, 2.45) is 0 Å². The molecule has 1 fully saturated rings. The van der Waals surface area contributed by atoms with Crippen LogP contribution in [0.15, 0.2) is 35.8 Å². The van der Waals surface area contributed by atoms with Crippen molar-refractivity contribution in [2.75, 3.05) is 25.0 Å². The van der Waals surface area contributed by atoms with Gasteiger partial charge in [-0.15, -0.1) is 11.3 Å². The molecule has 1 amide bonds. The Morgan fingerprint density at radius 3 is 2.96 bits per heavy atom. The minimum Gasteiger partial charge on any atom is -0.371 e. The summed E-state index contributed by atoms with van der Waals surface area (Å²) in [6, 6.07) is 7.42. The Kier molecular flexibility index (Phi) is 5.27. The van der Waals surface area contributed by atoms with Crippen LogP contribution >= 0.6 is 22.9 Å². The van der Waals surface area contributed by atoms with Crippen LogP contribution in [0.25, 0.3) is 0 Å². The number of amides is 1. The predicted molar refractivity (Wildman–Crippen MR) is 91.9 cm³/mol. The Morgan fingerprint density at radius 1 is 1.48 bits per heavy atom. The third-order valence-corrected chi connectivity index (χ3v) is 4.87. The van der Waals surface area contributed by atoms with Gasteiger partial charge in [-0.25, -0.2) is 4.98 Å². The molecule has 2 atom stereocenters. The quantitative estimate of drug-likeness (QED) is 0.919. The molecule has 0 spiro atoms. The van der Waals surface area contributed by atoms with E-state index in [1.807, 2.05) is 36.6 Å². The number of hydrogen-bond donors (Lipinski definition) is 1. The van der Waals surface area contributed by atoms with Gasteiger partial charge in [0.25, 0.3) is 0 Å². The van der Waals surface area contributed by atoms with Gasteiger partial charge in [-0.1, -0.05) is 23.7 Å². The number of carbonyl (C=O) groups excluding carboxylic acids is 1. The summed E-state index contributed by atoms with van der Waals surface area (Å²) in [4.78, 5) is 18.6. The van der Waals surface area contributed by atoms with Crippen molar-refractivity contribution in [3.05, 3.63) is 46.4 Å². The number of nitrogens with one attached hydrogen (secondary N) is 1. The molecule has 1 saturated heterocycles. The molecule has 2 unspecified atom stereocenters. The highest BCUT2D eigenvalue weighted by molar-refractivity contribution is 7.13. The summed E-state index contributed by atoms with van der Waals surface area (Å²) in [5.74, 6) is -0.0447. The zero-order valence-corrected chi connectivity index (χ0v) is 14.3. The summed E-state index contributed by atoms with van der Waals surface area (Å²) < 4.78 is 5.84. The zero-order chi connectivity index (χ0) is 16.2. The second-order valence-electron chi connectivity index (χ2n) is 5.41. The third-order valence-electron chi connectivity index (χ3n) is 3.93. The number of aromatic nitrogens is 1. The molecule has 0 aliphatic carbocycles. The van der Waals surface area contributed by atoms with Crippen LogP contribution in [-0.4, -0.2) is 41.5 Å². The lowest BCUT2D eigenvalue weighted by Crippen LogP contribution is -2.48. The van der Waals surface area contributed by atoms with E-state index in [9.17, 15) is 4.79 Å². The van der Waals surface area contributed by atoms with E-state index in [4.69, 9.17) is 16.3 Å². The molecular weight excluding hydrogens is 334 g/mol. The van der Waals surface area contributed by atoms with Crippen LogP contribution in [-0.2, 0) is 9.53 Å². The molecule has 5 nitrogen and oxygen atoms in total. The van der Waals surface area contributed by atoms with Gasteiger partial charge in [0.2, 0.25) is 5.91 Å².